The van der Waals surface area contributed by atoms with Gasteiger partial charge in [-0.2, -0.15) is 0 Å². The van der Waals surface area contributed by atoms with Gasteiger partial charge in [-0.25, -0.2) is 4.79 Å². The highest BCUT2D eigenvalue weighted by Crippen LogP contribution is 2.36. The number of methoxy groups -OCH3 is 1. The third-order valence-corrected chi connectivity index (χ3v) is 5.29. The van der Waals surface area contributed by atoms with Crippen molar-refractivity contribution in [3.8, 4) is 5.75 Å². The lowest BCUT2D eigenvalue weighted by Crippen LogP contribution is -2.47. The molecule has 8 nitrogen and oxygen atoms in total. The molecule has 2 amide bonds. The van der Waals surface area contributed by atoms with Crippen LogP contribution in [0.5, 0.6) is 5.75 Å². The van der Waals surface area contributed by atoms with Gasteiger partial charge in [-0.05, 0) is 42.0 Å². The van der Waals surface area contributed by atoms with Crippen molar-refractivity contribution in [2.24, 2.45) is 0 Å². The minimum absolute atomic E-state index is 0.0226. The minimum Gasteiger partial charge on any atom is -0.496 e. The molecule has 0 fully saturated rings. The third kappa shape index (κ3) is 4.59. The molecular formula is C25H21N3O5. The topological polar surface area (TPSA) is 100 Å². The summed E-state index contributed by atoms with van der Waals surface area (Å²) < 4.78 is 5.40. The number of hydrogen-bond acceptors (Lipinski definition) is 5. The number of benzene rings is 2. The van der Waals surface area contributed by atoms with E-state index in [4.69, 9.17) is 4.74 Å². The molecule has 2 aromatic carbocycles. The van der Waals surface area contributed by atoms with Crippen LogP contribution in [0.3, 0.4) is 0 Å². The molecule has 4 rings (SSSR count). The molecule has 1 aromatic heterocycles. The van der Waals surface area contributed by atoms with E-state index < -0.39 is 11.9 Å². The monoisotopic (exact) mass is 443 g/mol. The Morgan fingerprint density at radius 3 is 2.67 bits per heavy atom. The van der Waals surface area contributed by atoms with Gasteiger partial charge in [0.1, 0.15) is 12.3 Å². The molecule has 1 aliphatic heterocycles. The van der Waals surface area contributed by atoms with Crippen molar-refractivity contribution < 1.29 is 24.2 Å². The van der Waals surface area contributed by atoms with Crippen molar-refractivity contribution >= 4 is 35.2 Å². The fourth-order valence-corrected chi connectivity index (χ4v) is 3.65. The summed E-state index contributed by atoms with van der Waals surface area (Å²) in [5.41, 5.74) is 2.34. The molecule has 0 bridgehead atoms. The first kappa shape index (κ1) is 21.8. The SMILES string of the molecule is COc1ccccc1CN1C(=O)CN(C(=O)/C=C/c2cccnc2)c2cc(C(=O)O)ccc21. The average Bonchev–Trinajstić information content (AvgIpc) is 2.84. The van der Waals surface area contributed by atoms with Crippen LogP contribution < -0.4 is 14.5 Å². The molecule has 0 aliphatic carbocycles. The van der Waals surface area contributed by atoms with E-state index in [1.807, 2.05) is 18.2 Å². The summed E-state index contributed by atoms with van der Waals surface area (Å²) in [6.45, 7) is -0.00272. The summed E-state index contributed by atoms with van der Waals surface area (Å²) in [4.78, 5) is 44.5. The number of carboxylic acids is 1. The van der Waals surface area contributed by atoms with Gasteiger partial charge in [0, 0.05) is 24.0 Å². The smallest absolute Gasteiger partial charge is 0.335 e. The number of carboxylic acid groups (broad SMARTS) is 1. The van der Waals surface area contributed by atoms with E-state index in [0.29, 0.717) is 17.1 Å². The largest absolute Gasteiger partial charge is 0.496 e. The van der Waals surface area contributed by atoms with Crippen LogP contribution in [0.1, 0.15) is 21.5 Å². The van der Waals surface area contributed by atoms with Gasteiger partial charge in [0.2, 0.25) is 5.91 Å². The summed E-state index contributed by atoms with van der Waals surface area (Å²) in [7, 11) is 1.55. The fraction of sp³-hybridized carbons (Fsp3) is 0.120. The van der Waals surface area contributed by atoms with Gasteiger partial charge in [-0.3, -0.25) is 19.5 Å². The Bertz CT molecular complexity index is 1240. The maximum Gasteiger partial charge on any atom is 0.335 e. The van der Waals surface area contributed by atoms with Crippen molar-refractivity contribution in [1.82, 2.24) is 4.98 Å². The van der Waals surface area contributed by atoms with E-state index in [0.717, 1.165) is 11.1 Å². The molecule has 33 heavy (non-hydrogen) atoms. The number of anilines is 2. The second-order valence-electron chi connectivity index (χ2n) is 7.34. The van der Waals surface area contributed by atoms with Crippen molar-refractivity contribution in [3.05, 3.63) is 89.8 Å². The predicted octanol–water partition coefficient (Wildman–Crippen LogP) is 3.38. The first-order valence-corrected chi connectivity index (χ1v) is 10.2. The van der Waals surface area contributed by atoms with Crippen LogP contribution in [0.4, 0.5) is 11.4 Å². The number of para-hydroxylation sites is 1. The number of carbonyl (C=O) groups is 3. The molecule has 1 N–H and O–H groups in total. The van der Waals surface area contributed by atoms with Crippen LogP contribution in [-0.4, -0.2) is 41.5 Å². The van der Waals surface area contributed by atoms with E-state index in [1.165, 1.54) is 28.0 Å². The molecule has 0 spiro atoms. The summed E-state index contributed by atoms with van der Waals surface area (Å²) in [6.07, 6.45) is 6.18. The third-order valence-electron chi connectivity index (χ3n) is 5.29. The van der Waals surface area contributed by atoms with Crippen molar-refractivity contribution in [2.45, 2.75) is 6.54 Å². The number of rotatable bonds is 6. The van der Waals surface area contributed by atoms with E-state index in [1.54, 1.807) is 49.8 Å². The maximum atomic E-state index is 13.1. The van der Waals surface area contributed by atoms with Crippen LogP contribution in [0.15, 0.2) is 73.1 Å². The first-order chi connectivity index (χ1) is 16.0. The zero-order valence-corrected chi connectivity index (χ0v) is 17.8. The number of nitrogens with zero attached hydrogens (tertiary/aromatic N) is 3. The second kappa shape index (κ2) is 9.35. The van der Waals surface area contributed by atoms with Gasteiger partial charge < -0.3 is 14.7 Å². The molecule has 0 saturated carbocycles. The highest BCUT2D eigenvalue weighted by Gasteiger charge is 2.33. The number of carbonyl (C=O) groups excluding carboxylic acids is 2. The van der Waals surface area contributed by atoms with E-state index in [2.05, 4.69) is 4.98 Å². The predicted molar refractivity (Wildman–Crippen MR) is 123 cm³/mol. The zero-order valence-electron chi connectivity index (χ0n) is 17.8. The van der Waals surface area contributed by atoms with Crippen molar-refractivity contribution in [2.75, 3.05) is 23.5 Å². The number of hydrogen-bond donors (Lipinski definition) is 1. The number of fused-ring (bicyclic) bond motifs is 1. The Morgan fingerprint density at radius 2 is 1.94 bits per heavy atom. The standard InChI is InChI=1S/C25H21N3O5/c1-33-22-7-3-2-6-19(22)15-27-20-10-9-18(25(31)32)13-21(20)28(16-24(27)30)23(29)11-8-17-5-4-12-26-14-17/h2-14H,15-16H2,1H3,(H,31,32)/b11-8+. The summed E-state index contributed by atoms with van der Waals surface area (Å²) in [6, 6.07) is 15.3. The van der Waals surface area contributed by atoms with Crippen LogP contribution in [0.2, 0.25) is 0 Å². The van der Waals surface area contributed by atoms with Crippen LogP contribution in [0, 0.1) is 0 Å². The molecule has 3 aromatic rings. The van der Waals surface area contributed by atoms with Gasteiger partial charge >= 0.3 is 5.97 Å². The Morgan fingerprint density at radius 1 is 1.12 bits per heavy atom. The highest BCUT2D eigenvalue weighted by molar-refractivity contribution is 6.15. The van der Waals surface area contributed by atoms with Crippen molar-refractivity contribution in [3.63, 3.8) is 0 Å². The van der Waals surface area contributed by atoms with E-state index in [9.17, 15) is 19.5 Å². The molecule has 0 radical (unpaired) electrons. The van der Waals surface area contributed by atoms with Gasteiger partial charge in [-0.1, -0.05) is 24.3 Å². The summed E-state index contributed by atoms with van der Waals surface area (Å²) in [5.74, 6) is -1.22. The van der Waals surface area contributed by atoms with Gasteiger partial charge in [0.25, 0.3) is 5.91 Å². The molecule has 2 heterocycles. The molecule has 0 unspecified atom stereocenters. The van der Waals surface area contributed by atoms with Gasteiger partial charge in [0.05, 0.1) is 30.6 Å². The second-order valence-corrected chi connectivity index (χ2v) is 7.34. The fourth-order valence-electron chi connectivity index (χ4n) is 3.65. The normalized spacial score (nSPS) is 13.2. The number of amides is 2. The van der Waals surface area contributed by atoms with Gasteiger partial charge in [-0.15, -0.1) is 0 Å². The van der Waals surface area contributed by atoms with Crippen molar-refractivity contribution in [1.29, 1.82) is 0 Å². The lowest BCUT2D eigenvalue weighted by atomic mass is 10.1. The molecular weight excluding hydrogens is 422 g/mol. The van der Waals surface area contributed by atoms with E-state index >= 15 is 0 Å². The summed E-state index contributed by atoms with van der Waals surface area (Å²) >= 11 is 0. The lowest BCUT2D eigenvalue weighted by molar-refractivity contribution is -0.120. The van der Waals surface area contributed by atoms with Crippen LogP contribution >= 0.6 is 0 Å². The number of aromatic carboxylic acids is 1. The van der Waals surface area contributed by atoms with Crippen LogP contribution in [0.25, 0.3) is 6.08 Å². The van der Waals surface area contributed by atoms with Crippen LogP contribution in [-0.2, 0) is 16.1 Å². The Balaban J connectivity index is 1.71. The lowest BCUT2D eigenvalue weighted by Gasteiger charge is -2.36. The highest BCUT2D eigenvalue weighted by atomic mass is 16.5. The molecule has 0 saturated heterocycles. The number of aromatic nitrogens is 1. The molecule has 166 valence electrons. The minimum atomic E-state index is -1.12. The van der Waals surface area contributed by atoms with Gasteiger partial charge in [0.15, 0.2) is 0 Å². The summed E-state index contributed by atoms with van der Waals surface area (Å²) in [5, 5.41) is 9.46. The zero-order chi connectivity index (χ0) is 23.4. The Hall–Kier alpha value is -4.46. The molecule has 8 heteroatoms. The molecule has 0 atom stereocenters. The number of pyridine rings is 1. The Labute approximate surface area is 190 Å². The number of ether oxygens (including phenoxy) is 1. The first-order valence-electron chi connectivity index (χ1n) is 10.2. The quantitative estimate of drug-likeness (QED) is 0.587. The maximum absolute atomic E-state index is 13.1. The average molecular weight is 443 g/mol. The molecule has 1 aliphatic rings. The van der Waals surface area contributed by atoms with E-state index in [-0.39, 0.29) is 24.6 Å². The Kier molecular flexibility index (Phi) is 6.17.